The van der Waals surface area contributed by atoms with Crippen molar-refractivity contribution in [3.8, 4) is 11.1 Å². The predicted molar refractivity (Wildman–Crippen MR) is 132 cm³/mol. The van der Waals surface area contributed by atoms with E-state index >= 15 is 0 Å². The van der Waals surface area contributed by atoms with Crippen LogP contribution in [0.4, 0.5) is 13.2 Å². The molecule has 1 saturated heterocycles. The van der Waals surface area contributed by atoms with E-state index in [4.69, 9.17) is 0 Å². The molecular formula is C28H30F3N3O2. The number of halogens is 3. The average Bonchev–Trinajstić information content (AvgIpc) is 2.85. The Morgan fingerprint density at radius 1 is 0.889 bits per heavy atom. The molecule has 36 heavy (non-hydrogen) atoms. The fraction of sp³-hybridized carbons (Fsp3) is 0.357. The summed E-state index contributed by atoms with van der Waals surface area (Å²) in [6.45, 7) is 5.41. The maximum Gasteiger partial charge on any atom is 0.397 e. The first-order valence-corrected chi connectivity index (χ1v) is 11.9. The first-order valence-electron chi connectivity index (χ1n) is 11.9. The van der Waals surface area contributed by atoms with Crippen molar-refractivity contribution in [3.05, 3.63) is 89.7 Å². The Balaban J connectivity index is 1.39. The summed E-state index contributed by atoms with van der Waals surface area (Å²) >= 11 is 0. The molecule has 8 heteroatoms. The second-order valence-corrected chi connectivity index (χ2v) is 9.81. The summed E-state index contributed by atoms with van der Waals surface area (Å²) in [7, 11) is 0. The van der Waals surface area contributed by atoms with Crippen LogP contribution in [0.25, 0.3) is 11.1 Å². The Bertz CT molecular complexity index is 1160. The molecule has 3 aromatic rings. The summed E-state index contributed by atoms with van der Waals surface area (Å²) in [5, 5.41) is 9.80. The van der Waals surface area contributed by atoms with Crippen LogP contribution in [0.15, 0.2) is 73.1 Å². The molecule has 4 rings (SSSR count). The van der Waals surface area contributed by atoms with Gasteiger partial charge in [-0.1, -0.05) is 48.5 Å². The molecule has 0 unspecified atom stereocenters. The van der Waals surface area contributed by atoms with E-state index in [2.05, 4.69) is 9.88 Å². The number of benzene rings is 2. The Morgan fingerprint density at radius 2 is 1.44 bits per heavy atom. The zero-order valence-corrected chi connectivity index (χ0v) is 20.4. The van der Waals surface area contributed by atoms with Gasteiger partial charge in [0, 0.05) is 45.1 Å². The minimum atomic E-state index is -4.32. The van der Waals surface area contributed by atoms with Crippen LogP contribution in [-0.4, -0.2) is 57.7 Å². The van der Waals surface area contributed by atoms with Crippen molar-refractivity contribution in [1.82, 2.24) is 14.8 Å². The fourth-order valence-corrected chi connectivity index (χ4v) is 4.47. The van der Waals surface area contributed by atoms with Gasteiger partial charge in [0.25, 0.3) is 0 Å². The number of nitrogens with zero attached hydrogens (tertiary/aromatic N) is 3. The molecule has 0 aliphatic carbocycles. The lowest BCUT2D eigenvalue weighted by molar-refractivity contribution is -0.180. The highest BCUT2D eigenvalue weighted by atomic mass is 19.4. The van der Waals surface area contributed by atoms with Gasteiger partial charge in [-0.2, -0.15) is 13.2 Å². The van der Waals surface area contributed by atoms with E-state index in [1.807, 2.05) is 41.3 Å². The van der Waals surface area contributed by atoms with Crippen LogP contribution in [0.3, 0.4) is 0 Å². The molecule has 1 fully saturated rings. The number of carboxylic acids is 1. The number of carboxylic acid groups (broad SMARTS) is 1. The van der Waals surface area contributed by atoms with E-state index in [1.165, 1.54) is 26.0 Å². The number of alkyl halides is 3. The number of rotatable bonds is 7. The molecular weight excluding hydrogens is 467 g/mol. The first kappa shape index (κ1) is 25.9. The van der Waals surface area contributed by atoms with Crippen LogP contribution in [0.2, 0.25) is 0 Å². The Labute approximate surface area is 209 Å². The van der Waals surface area contributed by atoms with Crippen molar-refractivity contribution in [2.45, 2.75) is 44.6 Å². The van der Waals surface area contributed by atoms with Gasteiger partial charge in [0.05, 0.1) is 5.41 Å². The van der Waals surface area contributed by atoms with Gasteiger partial charge >= 0.3 is 12.1 Å². The quantitative estimate of drug-likeness (QED) is 0.476. The molecule has 190 valence electrons. The highest BCUT2D eigenvalue weighted by Gasteiger charge is 2.48. The zero-order valence-electron chi connectivity index (χ0n) is 20.4. The molecule has 2 aromatic carbocycles. The molecule has 5 nitrogen and oxygen atoms in total. The molecule has 1 aliphatic rings. The Kier molecular flexibility index (Phi) is 7.47. The lowest BCUT2D eigenvalue weighted by atomic mass is 9.83. The number of piperazine rings is 1. The van der Waals surface area contributed by atoms with Gasteiger partial charge in [-0.25, -0.2) is 0 Å². The Hall–Kier alpha value is -3.23. The van der Waals surface area contributed by atoms with Gasteiger partial charge in [0.15, 0.2) is 0 Å². The number of carbonyl (C=O) groups is 1. The number of pyridine rings is 1. The third-order valence-electron chi connectivity index (χ3n) is 7.00. The van der Waals surface area contributed by atoms with Gasteiger partial charge in [-0.15, -0.1) is 0 Å². The molecule has 0 radical (unpaired) electrons. The fourth-order valence-electron chi connectivity index (χ4n) is 4.47. The van der Waals surface area contributed by atoms with Crippen molar-refractivity contribution in [2.75, 3.05) is 19.6 Å². The smallest absolute Gasteiger partial charge is 0.397 e. The van der Waals surface area contributed by atoms with Gasteiger partial charge in [-0.05, 0) is 53.8 Å². The van der Waals surface area contributed by atoms with Crippen molar-refractivity contribution in [3.63, 3.8) is 0 Å². The molecule has 1 atom stereocenters. The molecule has 1 aliphatic heterocycles. The highest BCUT2D eigenvalue weighted by molar-refractivity contribution is 5.74. The zero-order chi connectivity index (χ0) is 25.9. The third kappa shape index (κ3) is 5.77. The molecule has 0 bridgehead atoms. The molecule has 1 N–H and O–H groups in total. The van der Waals surface area contributed by atoms with E-state index in [0.29, 0.717) is 26.2 Å². The van der Waals surface area contributed by atoms with Crippen LogP contribution in [-0.2, 0) is 23.3 Å². The topological polar surface area (TPSA) is 56.7 Å². The summed E-state index contributed by atoms with van der Waals surface area (Å²) in [5.74, 6) is -0.832. The van der Waals surface area contributed by atoms with Crippen LogP contribution in [0, 0.1) is 0 Å². The van der Waals surface area contributed by atoms with Crippen molar-refractivity contribution in [1.29, 1.82) is 0 Å². The van der Waals surface area contributed by atoms with Crippen molar-refractivity contribution < 1.29 is 23.1 Å². The maximum atomic E-state index is 13.3. The van der Waals surface area contributed by atoms with Gasteiger partial charge in [0.2, 0.25) is 0 Å². The van der Waals surface area contributed by atoms with E-state index < -0.39 is 23.6 Å². The predicted octanol–water partition coefficient (Wildman–Crippen LogP) is 5.36. The minimum Gasteiger partial charge on any atom is -0.480 e. The number of aliphatic carboxylic acids is 1. The van der Waals surface area contributed by atoms with Crippen molar-refractivity contribution in [2.24, 2.45) is 0 Å². The van der Waals surface area contributed by atoms with Gasteiger partial charge < -0.3 is 5.11 Å². The van der Waals surface area contributed by atoms with E-state index in [9.17, 15) is 23.1 Å². The normalized spacial score (nSPS) is 17.8. The van der Waals surface area contributed by atoms with Crippen molar-refractivity contribution >= 4 is 5.97 Å². The van der Waals surface area contributed by atoms with Crippen LogP contribution >= 0.6 is 0 Å². The second kappa shape index (κ2) is 10.4. The largest absolute Gasteiger partial charge is 0.480 e. The lowest BCUT2D eigenvalue weighted by Crippen LogP contribution is -2.55. The molecule has 0 saturated carbocycles. The molecule has 0 amide bonds. The number of aromatic nitrogens is 1. The standard InChI is InChI=1S/C28H30F3N3O2/c1-27(2,28(29,30)31)24-9-7-23(8-10-24)22-5-3-20(4-6-22)17-33-15-16-34(25(19-33)26(35)36)18-21-11-13-32-14-12-21/h3-14,25H,15-19H2,1-2H3,(H,35,36)/t25-/m0/s1. The monoisotopic (exact) mass is 497 g/mol. The molecule has 2 heterocycles. The third-order valence-corrected chi connectivity index (χ3v) is 7.00. The average molecular weight is 498 g/mol. The Morgan fingerprint density at radius 3 is 2.00 bits per heavy atom. The summed E-state index contributed by atoms with van der Waals surface area (Å²) in [6.07, 6.45) is -0.897. The molecule has 1 aromatic heterocycles. The van der Waals surface area contributed by atoms with Crippen LogP contribution in [0.1, 0.15) is 30.5 Å². The first-order chi connectivity index (χ1) is 17.0. The lowest BCUT2D eigenvalue weighted by Gasteiger charge is -2.39. The summed E-state index contributed by atoms with van der Waals surface area (Å²) in [6, 6.07) is 17.6. The second-order valence-electron chi connectivity index (χ2n) is 9.81. The summed E-state index contributed by atoms with van der Waals surface area (Å²) < 4.78 is 40.0. The SMILES string of the molecule is CC(C)(c1ccc(-c2ccc(CN3CCN(Cc4ccncc4)[C@H](C(=O)O)C3)cc2)cc1)C(F)(F)F. The maximum absolute atomic E-state index is 13.3. The summed E-state index contributed by atoms with van der Waals surface area (Å²) in [4.78, 5) is 20.1. The summed E-state index contributed by atoms with van der Waals surface area (Å²) in [5.41, 5.74) is 2.17. The van der Waals surface area contributed by atoms with Gasteiger partial charge in [0.1, 0.15) is 6.04 Å². The van der Waals surface area contributed by atoms with Gasteiger partial charge in [-0.3, -0.25) is 19.6 Å². The number of hydrogen-bond donors (Lipinski definition) is 1. The molecule has 0 spiro atoms. The van der Waals surface area contributed by atoms with E-state index in [1.54, 1.807) is 24.5 Å². The minimum absolute atomic E-state index is 0.228. The number of hydrogen-bond acceptors (Lipinski definition) is 4. The van der Waals surface area contributed by atoms with Crippen LogP contribution < -0.4 is 0 Å². The van der Waals surface area contributed by atoms with E-state index in [-0.39, 0.29) is 5.56 Å². The van der Waals surface area contributed by atoms with E-state index in [0.717, 1.165) is 28.8 Å². The van der Waals surface area contributed by atoms with Crippen LogP contribution in [0.5, 0.6) is 0 Å². The highest BCUT2D eigenvalue weighted by Crippen LogP contribution is 2.40.